The maximum atomic E-state index is 10.2. The van der Waals surface area contributed by atoms with E-state index in [1.807, 2.05) is 13.8 Å². The van der Waals surface area contributed by atoms with Crippen LogP contribution in [0.3, 0.4) is 0 Å². The van der Waals surface area contributed by atoms with Crippen molar-refractivity contribution < 1.29 is 10.2 Å². The van der Waals surface area contributed by atoms with Gasteiger partial charge in [-0.3, -0.25) is 0 Å². The molecule has 0 saturated heterocycles. The fourth-order valence-corrected chi connectivity index (χ4v) is 3.85. The normalized spacial score (nSPS) is 42.4. The quantitative estimate of drug-likeness (QED) is 0.700. The van der Waals surface area contributed by atoms with E-state index in [0.29, 0.717) is 17.8 Å². The van der Waals surface area contributed by atoms with Gasteiger partial charge >= 0.3 is 0 Å². The van der Waals surface area contributed by atoms with Crippen LogP contribution >= 0.6 is 0 Å². The zero-order valence-corrected chi connectivity index (χ0v) is 9.95. The first kappa shape index (κ1) is 11.4. The third-order valence-electron chi connectivity index (χ3n) is 4.56. The van der Waals surface area contributed by atoms with Crippen LogP contribution in [0.25, 0.3) is 0 Å². The molecule has 0 aliphatic heterocycles. The number of hydrogen-bond donors (Lipinski definition) is 2. The standard InChI is InChI=1S/C13H24O2/c1-13(2,15)11-7-3-6-10-9(11)5-4-8-12(10)14/h9-12,14-15H,3-8H2,1-2H3. The van der Waals surface area contributed by atoms with Gasteiger partial charge in [-0.15, -0.1) is 0 Å². The summed E-state index contributed by atoms with van der Waals surface area (Å²) in [5, 5.41) is 20.2. The summed E-state index contributed by atoms with van der Waals surface area (Å²) in [6.07, 6.45) is 6.68. The fraction of sp³-hybridized carbons (Fsp3) is 1.00. The Bertz CT molecular complexity index is 219. The van der Waals surface area contributed by atoms with E-state index in [-0.39, 0.29) is 6.10 Å². The Hall–Kier alpha value is -0.0800. The first-order valence-corrected chi connectivity index (χ1v) is 6.40. The molecule has 0 bridgehead atoms. The molecule has 2 aliphatic carbocycles. The van der Waals surface area contributed by atoms with Crippen LogP contribution in [0, 0.1) is 17.8 Å². The summed E-state index contributed by atoms with van der Waals surface area (Å²) in [4.78, 5) is 0. The number of fused-ring (bicyclic) bond motifs is 1. The van der Waals surface area contributed by atoms with E-state index < -0.39 is 5.60 Å². The van der Waals surface area contributed by atoms with Crippen LogP contribution in [0.5, 0.6) is 0 Å². The lowest BCUT2D eigenvalue weighted by Crippen LogP contribution is -2.46. The Morgan fingerprint density at radius 3 is 2.20 bits per heavy atom. The van der Waals surface area contributed by atoms with Gasteiger partial charge in [-0.05, 0) is 57.3 Å². The largest absolute Gasteiger partial charge is 0.393 e. The van der Waals surface area contributed by atoms with Crippen LogP contribution in [-0.2, 0) is 0 Å². The Labute approximate surface area is 92.7 Å². The van der Waals surface area contributed by atoms with E-state index in [2.05, 4.69) is 0 Å². The van der Waals surface area contributed by atoms with Gasteiger partial charge in [-0.1, -0.05) is 12.8 Å². The minimum Gasteiger partial charge on any atom is -0.393 e. The van der Waals surface area contributed by atoms with Gasteiger partial charge in [0.05, 0.1) is 11.7 Å². The van der Waals surface area contributed by atoms with Crippen LogP contribution in [0.1, 0.15) is 52.4 Å². The molecule has 0 heterocycles. The number of aliphatic hydroxyl groups excluding tert-OH is 1. The smallest absolute Gasteiger partial charge is 0.0622 e. The summed E-state index contributed by atoms with van der Waals surface area (Å²) >= 11 is 0. The van der Waals surface area contributed by atoms with Crippen LogP contribution in [-0.4, -0.2) is 21.9 Å². The molecule has 0 amide bonds. The molecule has 2 aliphatic rings. The van der Waals surface area contributed by atoms with Crippen LogP contribution in [0.4, 0.5) is 0 Å². The maximum absolute atomic E-state index is 10.2. The Kier molecular flexibility index (Phi) is 3.09. The van der Waals surface area contributed by atoms with Crippen molar-refractivity contribution in [3.05, 3.63) is 0 Å². The first-order valence-electron chi connectivity index (χ1n) is 6.40. The predicted molar refractivity (Wildman–Crippen MR) is 60.5 cm³/mol. The molecule has 88 valence electrons. The maximum Gasteiger partial charge on any atom is 0.0622 e. The second kappa shape index (κ2) is 4.06. The van der Waals surface area contributed by atoms with Crippen molar-refractivity contribution in [1.29, 1.82) is 0 Å². The molecule has 15 heavy (non-hydrogen) atoms. The predicted octanol–water partition coefficient (Wildman–Crippen LogP) is 2.33. The van der Waals surface area contributed by atoms with Gasteiger partial charge in [0.1, 0.15) is 0 Å². The molecule has 0 aromatic rings. The fourth-order valence-electron chi connectivity index (χ4n) is 3.85. The molecule has 0 aromatic carbocycles. The second-order valence-corrected chi connectivity index (χ2v) is 6.02. The van der Waals surface area contributed by atoms with Crippen molar-refractivity contribution in [3.63, 3.8) is 0 Å². The lowest BCUT2D eigenvalue weighted by atomic mass is 9.60. The number of aliphatic hydroxyl groups is 2. The van der Waals surface area contributed by atoms with Crippen LogP contribution in [0.2, 0.25) is 0 Å². The van der Waals surface area contributed by atoms with Gasteiger partial charge in [0, 0.05) is 0 Å². The van der Waals surface area contributed by atoms with Crippen molar-refractivity contribution in [2.75, 3.05) is 0 Å². The summed E-state index contributed by atoms with van der Waals surface area (Å²) in [5.41, 5.74) is -0.569. The SMILES string of the molecule is CC(C)(O)C1CCCC2C(O)CCCC21. The third-order valence-corrected chi connectivity index (χ3v) is 4.56. The zero-order valence-electron chi connectivity index (χ0n) is 9.95. The molecule has 2 N–H and O–H groups in total. The zero-order chi connectivity index (χ0) is 11.1. The van der Waals surface area contributed by atoms with Crippen molar-refractivity contribution in [1.82, 2.24) is 0 Å². The highest BCUT2D eigenvalue weighted by Crippen LogP contribution is 2.47. The molecular formula is C13H24O2. The van der Waals surface area contributed by atoms with E-state index in [9.17, 15) is 10.2 Å². The lowest BCUT2D eigenvalue weighted by Gasteiger charge is -2.47. The average Bonchev–Trinajstić information content (AvgIpc) is 2.16. The van der Waals surface area contributed by atoms with Gasteiger partial charge in [-0.25, -0.2) is 0 Å². The van der Waals surface area contributed by atoms with Gasteiger partial charge in [0.15, 0.2) is 0 Å². The topological polar surface area (TPSA) is 40.5 Å². The first-order chi connectivity index (χ1) is 7.00. The minimum atomic E-state index is -0.569. The summed E-state index contributed by atoms with van der Waals surface area (Å²) in [6.45, 7) is 3.86. The molecule has 2 nitrogen and oxygen atoms in total. The summed E-state index contributed by atoms with van der Waals surface area (Å²) in [5.74, 6) is 1.41. The highest BCUT2D eigenvalue weighted by molar-refractivity contribution is 4.94. The van der Waals surface area contributed by atoms with E-state index in [4.69, 9.17) is 0 Å². The highest BCUT2D eigenvalue weighted by Gasteiger charge is 2.44. The number of hydrogen-bond acceptors (Lipinski definition) is 2. The molecule has 2 fully saturated rings. The molecular weight excluding hydrogens is 188 g/mol. The van der Waals surface area contributed by atoms with Gasteiger partial charge < -0.3 is 10.2 Å². The Morgan fingerprint density at radius 2 is 1.53 bits per heavy atom. The van der Waals surface area contributed by atoms with Crippen molar-refractivity contribution in [2.24, 2.45) is 17.8 Å². The Morgan fingerprint density at radius 1 is 0.933 bits per heavy atom. The third kappa shape index (κ3) is 2.21. The molecule has 0 spiro atoms. The van der Waals surface area contributed by atoms with Crippen LogP contribution < -0.4 is 0 Å². The Balaban J connectivity index is 2.13. The van der Waals surface area contributed by atoms with E-state index >= 15 is 0 Å². The summed E-state index contributed by atoms with van der Waals surface area (Å²) in [6, 6.07) is 0. The average molecular weight is 212 g/mol. The summed E-state index contributed by atoms with van der Waals surface area (Å²) in [7, 11) is 0. The van der Waals surface area contributed by atoms with Crippen molar-refractivity contribution in [2.45, 2.75) is 64.1 Å². The summed E-state index contributed by atoms with van der Waals surface area (Å²) < 4.78 is 0. The van der Waals surface area contributed by atoms with Crippen molar-refractivity contribution >= 4 is 0 Å². The lowest BCUT2D eigenvalue weighted by molar-refractivity contribution is -0.0869. The van der Waals surface area contributed by atoms with Gasteiger partial charge in [0.25, 0.3) is 0 Å². The highest BCUT2D eigenvalue weighted by atomic mass is 16.3. The van der Waals surface area contributed by atoms with E-state index in [1.54, 1.807) is 0 Å². The molecule has 2 saturated carbocycles. The molecule has 2 heteroatoms. The van der Waals surface area contributed by atoms with Crippen LogP contribution in [0.15, 0.2) is 0 Å². The van der Waals surface area contributed by atoms with Gasteiger partial charge in [-0.2, -0.15) is 0 Å². The molecule has 2 rings (SSSR count). The second-order valence-electron chi connectivity index (χ2n) is 6.02. The molecule has 0 aromatic heterocycles. The van der Waals surface area contributed by atoms with E-state index in [1.165, 1.54) is 19.3 Å². The van der Waals surface area contributed by atoms with Crippen molar-refractivity contribution in [3.8, 4) is 0 Å². The van der Waals surface area contributed by atoms with E-state index in [0.717, 1.165) is 19.3 Å². The molecule has 0 radical (unpaired) electrons. The monoisotopic (exact) mass is 212 g/mol. The molecule has 4 atom stereocenters. The van der Waals surface area contributed by atoms with Gasteiger partial charge in [0.2, 0.25) is 0 Å². The minimum absolute atomic E-state index is 0.103. The molecule has 4 unspecified atom stereocenters. The number of rotatable bonds is 1.